The number of carbonyl (C=O) groups excluding carboxylic acids is 1. The molecule has 0 atom stereocenters. The molecule has 0 aliphatic carbocycles. The number of nitrogens with two attached hydrogens (primary N) is 1. The van der Waals surface area contributed by atoms with E-state index in [1.165, 1.54) is 16.9 Å². The van der Waals surface area contributed by atoms with Gasteiger partial charge in [-0.3, -0.25) is 10.2 Å². The van der Waals surface area contributed by atoms with Gasteiger partial charge in [0, 0.05) is 12.2 Å². The Kier molecular flexibility index (Phi) is 5.73. The molecule has 5 heteroatoms. The number of aryl methyl sites for hydroxylation is 1. The molecule has 2 rings (SSSR count). The first-order valence-corrected chi connectivity index (χ1v) is 7.38. The van der Waals surface area contributed by atoms with E-state index < -0.39 is 0 Å². The van der Waals surface area contributed by atoms with Crippen molar-refractivity contribution in [3.05, 3.63) is 57.8 Å². The smallest absolute Gasteiger partial charge is 0.275 e. The standard InChI is InChI=1S/C15H18N2O2S/c16-17-15(18)14-13(8-10-20-14)11-19-9-4-7-12-5-2-1-3-6-12/h1-3,5-6,8,10H,4,7,9,11,16H2,(H,17,18). The Morgan fingerprint density at radius 1 is 1.25 bits per heavy atom. The number of rotatable bonds is 7. The van der Waals surface area contributed by atoms with Gasteiger partial charge < -0.3 is 4.74 Å². The lowest BCUT2D eigenvalue weighted by Gasteiger charge is -2.05. The maximum absolute atomic E-state index is 11.5. The number of hydrogen-bond donors (Lipinski definition) is 2. The van der Waals surface area contributed by atoms with E-state index >= 15 is 0 Å². The minimum Gasteiger partial charge on any atom is -0.377 e. The Morgan fingerprint density at radius 3 is 2.80 bits per heavy atom. The fourth-order valence-corrected chi connectivity index (χ4v) is 2.73. The SMILES string of the molecule is NNC(=O)c1sccc1COCCCc1ccccc1. The molecule has 1 amide bonds. The van der Waals surface area contributed by atoms with E-state index in [9.17, 15) is 4.79 Å². The van der Waals surface area contributed by atoms with Gasteiger partial charge in [-0.05, 0) is 29.9 Å². The third-order valence-corrected chi connectivity index (χ3v) is 3.89. The highest BCUT2D eigenvalue weighted by atomic mass is 32.1. The van der Waals surface area contributed by atoms with Crippen molar-refractivity contribution in [2.24, 2.45) is 5.84 Å². The van der Waals surface area contributed by atoms with Gasteiger partial charge in [0.25, 0.3) is 5.91 Å². The topological polar surface area (TPSA) is 64.3 Å². The van der Waals surface area contributed by atoms with Crippen molar-refractivity contribution in [2.75, 3.05) is 6.61 Å². The zero-order valence-electron chi connectivity index (χ0n) is 11.2. The molecule has 3 N–H and O–H groups in total. The Labute approximate surface area is 122 Å². The summed E-state index contributed by atoms with van der Waals surface area (Å²) >= 11 is 1.37. The highest BCUT2D eigenvalue weighted by Crippen LogP contribution is 2.17. The van der Waals surface area contributed by atoms with E-state index in [0.717, 1.165) is 18.4 Å². The number of nitrogen functional groups attached to an aromatic ring is 1. The van der Waals surface area contributed by atoms with Gasteiger partial charge in [-0.25, -0.2) is 5.84 Å². The van der Waals surface area contributed by atoms with Crippen LogP contribution in [0.15, 0.2) is 41.8 Å². The van der Waals surface area contributed by atoms with Crippen LogP contribution in [0.3, 0.4) is 0 Å². The zero-order valence-corrected chi connectivity index (χ0v) is 12.0. The minimum absolute atomic E-state index is 0.261. The predicted molar refractivity (Wildman–Crippen MR) is 80.4 cm³/mol. The summed E-state index contributed by atoms with van der Waals surface area (Å²) in [6.45, 7) is 1.12. The van der Waals surface area contributed by atoms with Gasteiger partial charge in [0.05, 0.1) is 11.5 Å². The van der Waals surface area contributed by atoms with E-state index in [-0.39, 0.29) is 5.91 Å². The van der Waals surface area contributed by atoms with Crippen molar-refractivity contribution in [1.82, 2.24) is 5.43 Å². The molecule has 0 radical (unpaired) electrons. The molecule has 0 aliphatic rings. The third-order valence-electron chi connectivity index (χ3n) is 2.94. The monoisotopic (exact) mass is 290 g/mol. The van der Waals surface area contributed by atoms with Crippen molar-refractivity contribution in [2.45, 2.75) is 19.4 Å². The van der Waals surface area contributed by atoms with E-state index in [1.807, 2.05) is 29.6 Å². The maximum atomic E-state index is 11.5. The lowest BCUT2D eigenvalue weighted by Crippen LogP contribution is -2.30. The molecule has 20 heavy (non-hydrogen) atoms. The van der Waals surface area contributed by atoms with Crippen molar-refractivity contribution in [3.63, 3.8) is 0 Å². The molecule has 0 fully saturated rings. The van der Waals surface area contributed by atoms with Crippen molar-refractivity contribution >= 4 is 17.2 Å². The average molecular weight is 290 g/mol. The largest absolute Gasteiger partial charge is 0.377 e. The van der Waals surface area contributed by atoms with Crippen LogP contribution in [-0.2, 0) is 17.8 Å². The Bertz CT molecular complexity index is 540. The van der Waals surface area contributed by atoms with Gasteiger partial charge in [-0.1, -0.05) is 30.3 Å². The maximum Gasteiger partial charge on any atom is 0.275 e. The molecule has 1 aromatic heterocycles. The van der Waals surface area contributed by atoms with Crippen LogP contribution >= 0.6 is 11.3 Å². The van der Waals surface area contributed by atoms with Crippen LogP contribution in [0.1, 0.15) is 27.2 Å². The highest BCUT2D eigenvalue weighted by Gasteiger charge is 2.11. The summed E-state index contributed by atoms with van der Waals surface area (Å²) in [7, 11) is 0. The Balaban J connectivity index is 1.71. The number of hydrogen-bond acceptors (Lipinski definition) is 4. The first-order valence-electron chi connectivity index (χ1n) is 6.50. The van der Waals surface area contributed by atoms with E-state index in [4.69, 9.17) is 10.6 Å². The summed E-state index contributed by atoms with van der Waals surface area (Å²) < 4.78 is 5.62. The minimum atomic E-state index is -0.261. The normalized spacial score (nSPS) is 10.4. The lowest BCUT2D eigenvalue weighted by atomic mass is 10.1. The third kappa shape index (κ3) is 4.16. The molecule has 0 saturated heterocycles. The Morgan fingerprint density at radius 2 is 2.05 bits per heavy atom. The quantitative estimate of drug-likeness (QED) is 0.356. The molecule has 0 unspecified atom stereocenters. The number of hydrazine groups is 1. The van der Waals surface area contributed by atoms with E-state index in [2.05, 4.69) is 17.6 Å². The van der Waals surface area contributed by atoms with E-state index in [0.29, 0.717) is 18.1 Å². The molecule has 1 heterocycles. The first kappa shape index (κ1) is 14.7. The molecular formula is C15H18N2O2S. The zero-order chi connectivity index (χ0) is 14.2. The van der Waals surface area contributed by atoms with Gasteiger partial charge >= 0.3 is 0 Å². The molecule has 106 valence electrons. The average Bonchev–Trinajstić information content (AvgIpc) is 2.95. The van der Waals surface area contributed by atoms with Crippen LogP contribution in [0.4, 0.5) is 0 Å². The number of carbonyl (C=O) groups is 1. The molecule has 0 saturated carbocycles. The van der Waals surface area contributed by atoms with Gasteiger partial charge in [0.15, 0.2) is 0 Å². The van der Waals surface area contributed by atoms with E-state index in [1.54, 1.807) is 0 Å². The summed E-state index contributed by atoms with van der Waals surface area (Å²) in [5.74, 6) is 4.88. The van der Waals surface area contributed by atoms with Crippen molar-refractivity contribution in [3.8, 4) is 0 Å². The molecular weight excluding hydrogens is 272 g/mol. The summed E-state index contributed by atoms with van der Waals surface area (Å²) in [6.07, 6.45) is 1.97. The Hall–Kier alpha value is -1.69. The van der Waals surface area contributed by atoms with Crippen LogP contribution in [0, 0.1) is 0 Å². The molecule has 0 aliphatic heterocycles. The fourth-order valence-electron chi connectivity index (χ4n) is 1.92. The number of benzene rings is 1. The second-order valence-electron chi connectivity index (χ2n) is 4.39. The summed E-state index contributed by atoms with van der Waals surface area (Å²) in [6, 6.07) is 12.2. The number of amides is 1. The number of nitrogens with one attached hydrogen (secondary N) is 1. The van der Waals surface area contributed by atoms with Gasteiger partial charge in [-0.2, -0.15) is 0 Å². The molecule has 4 nitrogen and oxygen atoms in total. The molecule has 0 spiro atoms. The van der Waals surface area contributed by atoms with Crippen LogP contribution in [0.2, 0.25) is 0 Å². The van der Waals surface area contributed by atoms with Crippen LogP contribution in [0.25, 0.3) is 0 Å². The summed E-state index contributed by atoms with van der Waals surface area (Å²) in [4.78, 5) is 12.1. The second-order valence-corrected chi connectivity index (χ2v) is 5.31. The van der Waals surface area contributed by atoms with Crippen molar-refractivity contribution < 1.29 is 9.53 Å². The van der Waals surface area contributed by atoms with Crippen molar-refractivity contribution in [1.29, 1.82) is 0 Å². The molecule has 1 aromatic carbocycles. The molecule has 2 aromatic rings. The van der Waals surface area contributed by atoms with Gasteiger partial charge in [-0.15, -0.1) is 11.3 Å². The summed E-state index contributed by atoms with van der Waals surface area (Å²) in [5, 5.41) is 1.87. The van der Waals surface area contributed by atoms with Gasteiger partial charge in [0.2, 0.25) is 0 Å². The first-order chi connectivity index (χ1) is 9.81. The van der Waals surface area contributed by atoms with Crippen LogP contribution in [-0.4, -0.2) is 12.5 Å². The fraction of sp³-hybridized carbons (Fsp3) is 0.267. The summed E-state index contributed by atoms with van der Waals surface area (Å²) in [5.41, 5.74) is 4.35. The van der Waals surface area contributed by atoms with Crippen LogP contribution < -0.4 is 11.3 Å². The van der Waals surface area contributed by atoms with Crippen LogP contribution in [0.5, 0.6) is 0 Å². The number of ether oxygens (including phenoxy) is 1. The lowest BCUT2D eigenvalue weighted by molar-refractivity contribution is 0.0944. The second kappa shape index (κ2) is 7.79. The molecule has 0 bridgehead atoms. The predicted octanol–water partition coefficient (Wildman–Crippen LogP) is 2.50. The highest BCUT2D eigenvalue weighted by molar-refractivity contribution is 7.12. The van der Waals surface area contributed by atoms with Gasteiger partial charge in [0.1, 0.15) is 0 Å². The number of thiophene rings is 1.